The third-order valence-electron chi connectivity index (χ3n) is 4.66. The molecule has 3 aromatic rings. The van der Waals surface area contributed by atoms with E-state index in [0.29, 0.717) is 24.5 Å². The quantitative estimate of drug-likeness (QED) is 0.385. The van der Waals surface area contributed by atoms with E-state index in [0.717, 1.165) is 16.5 Å². The van der Waals surface area contributed by atoms with Gasteiger partial charge in [-0.05, 0) is 35.0 Å². The summed E-state index contributed by atoms with van der Waals surface area (Å²) < 4.78 is 5.27. The molecule has 0 bridgehead atoms. The summed E-state index contributed by atoms with van der Waals surface area (Å²) in [6.45, 7) is 0.856. The Balaban J connectivity index is 1.50. The summed E-state index contributed by atoms with van der Waals surface area (Å²) in [5.74, 6) is -0.717. The number of fused-ring (bicyclic) bond motifs is 1. The van der Waals surface area contributed by atoms with Gasteiger partial charge < -0.3 is 25.8 Å². The topological polar surface area (TPSA) is 99.7 Å². The molecule has 30 heavy (non-hydrogen) atoms. The van der Waals surface area contributed by atoms with Crippen LogP contribution in [0.5, 0.6) is 5.75 Å². The predicted octanol–water partition coefficient (Wildman–Crippen LogP) is 3.33. The Morgan fingerprint density at radius 2 is 1.70 bits per heavy atom. The minimum atomic E-state index is -1.07. The van der Waals surface area contributed by atoms with E-state index in [1.54, 1.807) is 13.2 Å². The van der Waals surface area contributed by atoms with Crippen LogP contribution in [0.25, 0.3) is 10.8 Å². The number of ether oxygens (including phenoxy) is 1. The standard InChI is InChI=1S/C23H25N3O4/c1-30-21-9-5-4-8-19(21)24-12-13-25-20(23(28)29)15-22(27)26-18-11-10-16-6-2-3-7-17(16)14-18/h2-11,14,20,24-25H,12-13,15H2,1H3,(H,26,27)(H,28,29)/t20-/m0/s1. The van der Waals surface area contributed by atoms with Crippen molar-refractivity contribution < 1.29 is 19.4 Å². The number of carbonyl (C=O) groups excluding carboxylic acids is 1. The van der Waals surface area contributed by atoms with E-state index in [4.69, 9.17) is 4.74 Å². The van der Waals surface area contributed by atoms with Crippen molar-refractivity contribution in [3.63, 3.8) is 0 Å². The molecule has 1 amide bonds. The fraction of sp³-hybridized carbons (Fsp3) is 0.217. The van der Waals surface area contributed by atoms with Gasteiger partial charge in [-0.1, -0.05) is 42.5 Å². The highest BCUT2D eigenvalue weighted by Crippen LogP contribution is 2.22. The molecular weight excluding hydrogens is 382 g/mol. The second-order valence-electron chi connectivity index (χ2n) is 6.79. The number of anilines is 2. The highest BCUT2D eigenvalue weighted by molar-refractivity contribution is 5.96. The van der Waals surface area contributed by atoms with Gasteiger partial charge in [-0.3, -0.25) is 9.59 Å². The summed E-state index contributed by atoms with van der Waals surface area (Å²) in [5.41, 5.74) is 1.46. The van der Waals surface area contributed by atoms with Crippen molar-refractivity contribution in [2.45, 2.75) is 12.5 Å². The lowest BCUT2D eigenvalue weighted by molar-refractivity contribution is -0.141. The molecule has 1 atom stereocenters. The minimum Gasteiger partial charge on any atom is -0.495 e. The first kappa shape index (κ1) is 21.1. The molecule has 0 saturated heterocycles. The number of nitrogens with one attached hydrogen (secondary N) is 3. The fourth-order valence-corrected chi connectivity index (χ4v) is 3.15. The summed E-state index contributed by atoms with van der Waals surface area (Å²) >= 11 is 0. The van der Waals surface area contributed by atoms with Gasteiger partial charge in [0.25, 0.3) is 0 Å². The molecule has 0 radical (unpaired) electrons. The molecular formula is C23H25N3O4. The number of benzene rings is 3. The molecule has 0 unspecified atom stereocenters. The molecule has 0 aliphatic rings. The zero-order chi connectivity index (χ0) is 21.3. The van der Waals surface area contributed by atoms with Crippen LogP contribution in [0.1, 0.15) is 6.42 Å². The van der Waals surface area contributed by atoms with Crippen LogP contribution in [-0.2, 0) is 9.59 Å². The summed E-state index contributed by atoms with van der Waals surface area (Å²) in [6, 6.07) is 19.9. The number of rotatable bonds is 10. The van der Waals surface area contributed by atoms with Crippen LogP contribution < -0.4 is 20.7 Å². The van der Waals surface area contributed by atoms with Crippen molar-refractivity contribution in [1.29, 1.82) is 0 Å². The molecule has 0 heterocycles. The second-order valence-corrected chi connectivity index (χ2v) is 6.79. The number of hydrogen-bond donors (Lipinski definition) is 4. The number of carboxylic acids is 1. The lowest BCUT2D eigenvalue weighted by Gasteiger charge is -2.16. The number of hydrogen-bond acceptors (Lipinski definition) is 5. The average molecular weight is 407 g/mol. The Bertz CT molecular complexity index is 1020. The fourth-order valence-electron chi connectivity index (χ4n) is 3.15. The number of aliphatic carboxylic acids is 1. The molecule has 0 saturated carbocycles. The zero-order valence-electron chi connectivity index (χ0n) is 16.7. The van der Waals surface area contributed by atoms with Crippen LogP contribution in [-0.4, -0.2) is 43.2 Å². The van der Waals surface area contributed by atoms with Crippen molar-refractivity contribution >= 4 is 34.0 Å². The third kappa shape index (κ3) is 5.71. The van der Waals surface area contributed by atoms with Gasteiger partial charge in [0, 0.05) is 18.8 Å². The molecule has 7 nitrogen and oxygen atoms in total. The van der Waals surface area contributed by atoms with Gasteiger partial charge in [-0.25, -0.2) is 0 Å². The Morgan fingerprint density at radius 3 is 2.47 bits per heavy atom. The molecule has 0 aromatic heterocycles. The second kappa shape index (κ2) is 10.3. The van der Waals surface area contributed by atoms with E-state index in [1.165, 1.54) is 0 Å². The zero-order valence-corrected chi connectivity index (χ0v) is 16.7. The van der Waals surface area contributed by atoms with Gasteiger partial charge in [-0.15, -0.1) is 0 Å². The van der Waals surface area contributed by atoms with Crippen LogP contribution in [0.2, 0.25) is 0 Å². The third-order valence-corrected chi connectivity index (χ3v) is 4.66. The lowest BCUT2D eigenvalue weighted by atomic mass is 10.1. The average Bonchev–Trinajstić information content (AvgIpc) is 2.75. The van der Waals surface area contributed by atoms with Gasteiger partial charge in [0.2, 0.25) is 5.91 Å². The molecule has 4 N–H and O–H groups in total. The van der Waals surface area contributed by atoms with E-state index in [2.05, 4.69) is 16.0 Å². The van der Waals surface area contributed by atoms with Crippen molar-refractivity contribution in [1.82, 2.24) is 5.32 Å². The van der Waals surface area contributed by atoms with Gasteiger partial charge in [0.15, 0.2) is 0 Å². The number of carboxylic acid groups (broad SMARTS) is 1. The maximum Gasteiger partial charge on any atom is 0.321 e. The van der Waals surface area contributed by atoms with E-state index in [-0.39, 0.29) is 12.3 Å². The summed E-state index contributed by atoms with van der Waals surface area (Å²) in [5, 5.41) is 20.4. The molecule has 0 fully saturated rings. The SMILES string of the molecule is COc1ccccc1NCCN[C@@H](CC(=O)Nc1ccc2ccccc2c1)C(=O)O. The predicted molar refractivity (Wildman–Crippen MR) is 118 cm³/mol. The Hall–Kier alpha value is -3.58. The maximum atomic E-state index is 12.4. The number of carbonyl (C=O) groups is 2. The smallest absolute Gasteiger partial charge is 0.321 e. The molecule has 0 spiro atoms. The van der Waals surface area contributed by atoms with Gasteiger partial charge in [-0.2, -0.15) is 0 Å². The molecule has 0 aliphatic carbocycles. The van der Waals surface area contributed by atoms with E-state index >= 15 is 0 Å². The maximum absolute atomic E-state index is 12.4. The number of amides is 1. The molecule has 156 valence electrons. The first-order valence-corrected chi connectivity index (χ1v) is 9.68. The Kier molecular flexibility index (Phi) is 7.24. The van der Waals surface area contributed by atoms with Crippen LogP contribution in [0, 0.1) is 0 Å². The number of para-hydroxylation sites is 2. The highest BCUT2D eigenvalue weighted by atomic mass is 16.5. The Morgan fingerprint density at radius 1 is 0.967 bits per heavy atom. The van der Waals surface area contributed by atoms with E-state index in [9.17, 15) is 14.7 Å². The van der Waals surface area contributed by atoms with Crippen LogP contribution >= 0.6 is 0 Å². The van der Waals surface area contributed by atoms with Crippen molar-refractivity contribution in [2.75, 3.05) is 30.8 Å². The summed E-state index contributed by atoms with van der Waals surface area (Å²) in [6.07, 6.45) is -0.170. The van der Waals surface area contributed by atoms with Crippen molar-refractivity contribution in [2.24, 2.45) is 0 Å². The monoisotopic (exact) mass is 407 g/mol. The first-order valence-electron chi connectivity index (χ1n) is 9.68. The van der Waals surface area contributed by atoms with Crippen molar-refractivity contribution in [3.05, 3.63) is 66.7 Å². The van der Waals surface area contributed by atoms with Crippen LogP contribution in [0.4, 0.5) is 11.4 Å². The lowest BCUT2D eigenvalue weighted by Crippen LogP contribution is -2.41. The van der Waals surface area contributed by atoms with Crippen LogP contribution in [0.3, 0.4) is 0 Å². The van der Waals surface area contributed by atoms with Gasteiger partial charge in [0.1, 0.15) is 11.8 Å². The normalized spacial score (nSPS) is 11.6. The van der Waals surface area contributed by atoms with Gasteiger partial charge >= 0.3 is 5.97 Å². The summed E-state index contributed by atoms with van der Waals surface area (Å²) in [4.78, 5) is 23.9. The number of methoxy groups -OCH3 is 1. The largest absolute Gasteiger partial charge is 0.495 e. The highest BCUT2D eigenvalue weighted by Gasteiger charge is 2.20. The molecule has 3 rings (SSSR count). The Labute approximate surface area is 175 Å². The van der Waals surface area contributed by atoms with Crippen LogP contribution in [0.15, 0.2) is 66.7 Å². The van der Waals surface area contributed by atoms with Gasteiger partial charge in [0.05, 0.1) is 19.2 Å². The van der Waals surface area contributed by atoms with E-state index < -0.39 is 12.0 Å². The first-order chi connectivity index (χ1) is 14.6. The van der Waals surface area contributed by atoms with Crippen molar-refractivity contribution in [3.8, 4) is 5.75 Å². The molecule has 0 aliphatic heterocycles. The molecule has 7 heteroatoms. The van der Waals surface area contributed by atoms with E-state index in [1.807, 2.05) is 60.7 Å². The minimum absolute atomic E-state index is 0.170. The molecule has 3 aromatic carbocycles. The summed E-state index contributed by atoms with van der Waals surface area (Å²) in [7, 11) is 1.59.